The molecule has 2 amide bonds. The van der Waals surface area contributed by atoms with Gasteiger partial charge in [-0.25, -0.2) is 4.52 Å². The van der Waals surface area contributed by atoms with Crippen LogP contribution in [0.15, 0.2) is 48.8 Å². The second-order valence-corrected chi connectivity index (χ2v) is 8.96. The summed E-state index contributed by atoms with van der Waals surface area (Å²) >= 11 is 0. The van der Waals surface area contributed by atoms with E-state index in [1.54, 1.807) is 10.7 Å². The zero-order valence-corrected chi connectivity index (χ0v) is 18.6. The molecular formula is C25H25F3N4O2. The van der Waals surface area contributed by atoms with Gasteiger partial charge in [0.05, 0.1) is 28.4 Å². The van der Waals surface area contributed by atoms with Gasteiger partial charge in [0, 0.05) is 32.4 Å². The molecule has 3 aromatic rings. The van der Waals surface area contributed by atoms with Gasteiger partial charge in [-0.05, 0) is 61.4 Å². The quantitative estimate of drug-likeness (QED) is 0.562. The van der Waals surface area contributed by atoms with Crippen molar-refractivity contribution >= 4 is 17.3 Å². The number of benzene rings is 1. The lowest BCUT2D eigenvalue weighted by Gasteiger charge is -2.33. The number of amides is 2. The third-order valence-electron chi connectivity index (χ3n) is 6.89. The van der Waals surface area contributed by atoms with E-state index in [1.807, 2.05) is 23.2 Å². The number of carbonyl (C=O) groups is 2. The third kappa shape index (κ3) is 4.15. The molecule has 2 saturated heterocycles. The van der Waals surface area contributed by atoms with Crippen molar-refractivity contribution in [2.24, 2.45) is 0 Å². The maximum atomic E-state index is 13.3. The number of nitrogens with zero attached hydrogens (tertiary/aromatic N) is 4. The highest BCUT2D eigenvalue weighted by molar-refractivity contribution is 6.00. The number of halogens is 3. The molecule has 2 aliphatic rings. The van der Waals surface area contributed by atoms with Crippen molar-refractivity contribution in [3.8, 4) is 0 Å². The number of likely N-dealkylation sites (tertiary alicyclic amines) is 2. The summed E-state index contributed by atoms with van der Waals surface area (Å²) in [4.78, 5) is 29.1. The fourth-order valence-corrected chi connectivity index (χ4v) is 5.01. The van der Waals surface area contributed by atoms with Crippen molar-refractivity contribution < 1.29 is 22.8 Å². The van der Waals surface area contributed by atoms with Crippen LogP contribution in [-0.2, 0) is 6.18 Å². The summed E-state index contributed by atoms with van der Waals surface area (Å²) in [6.07, 6.45) is 2.18. The SMILES string of the molecule is O=C(c1ccccc1C(F)(F)F)N1CCC(c2ccn3ncc(C(=O)N4CCCC4)c3c2)CC1. The predicted octanol–water partition coefficient (Wildman–Crippen LogP) is 4.61. The first-order chi connectivity index (χ1) is 16.3. The summed E-state index contributed by atoms with van der Waals surface area (Å²) < 4.78 is 41.7. The molecule has 0 radical (unpaired) electrons. The summed E-state index contributed by atoms with van der Waals surface area (Å²) in [5.74, 6) is -0.443. The first-order valence-electron chi connectivity index (χ1n) is 11.5. The first-order valence-corrected chi connectivity index (χ1v) is 11.5. The summed E-state index contributed by atoms with van der Waals surface area (Å²) in [7, 11) is 0. The van der Waals surface area contributed by atoms with Crippen LogP contribution in [0.5, 0.6) is 0 Å². The largest absolute Gasteiger partial charge is 0.417 e. The lowest BCUT2D eigenvalue weighted by atomic mass is 9.89. The van der Waals surface area contributed by atoms with E-state index in [1.165, 1.54) is 23.1 Å². The number of alkyl halides is 3. The Morgan fingerprint density at radius 2 is 1.53 bits per heavy atom. The van der Waals surface area contributed by atoms with Crippen molar-refractivity contribution in [1.82, 2.24) is 19.4 Å². The van der Waals surface area contributed by atoms with E-state index < -0.39 is 17.6 Å². The number of fused-ring (bicyclic) bond motifs is 1. The lowest BCUT2D eigenvalue weighted by molar-refractivity contribution is -0.138. The topological polar surface area (TPSA) is 57.9 Å². The molecule has 2 aromatic heterocycles. The standard InChI is InChI=1S/C25H25F3N4O2/c26-25(27,28)21-6-2-1-5-19(21)23(33)31-12-7-17(8-13-31)18-9-14-32-22(15-18)20(16-29-32)24(34)30-10-3-4-11-30/h1-2,5-6,9,14-17H,3-4,7-8,10-13H2. The van der Waals surface area contributed by atoms with Crippen molar-refractivity contribution in [1.29, 1.82) is 0 Å². The molecule has 34 heavy (non-hydrogen) atoms. The minimum atomic E-state index is -4.57. The van der Waals surface area contributed by atoms with E-state index in [0.29, 0.717) is 31.5 Å². The molecule has 6 nitrogen and oxygen atoms in total. The van der Waals surface area contributed by atoms with Crippen LogP contribution in [0, 0.1) is 0 Å². The van der Waals surface area contributed by atoms with Crippen LogP contribution in [0.3, 0.4) is 0 Å². The molecule has 0 spiro atoms. The lowest BCUT2D eigenvalue weighted by Crippen LogP contribution is -2.38. The van der Waals surface area contributed by atoms with E-state index >= 15 is 0 Å². The summed E-state index contributed by atoms with van der Waals surface area (Å²) in [5, 5.41) is 4.32. The average Bonchev–Trinajstić information content (AvgIpc) is 3.53. The molecule has 5 rings (SSSR count). The second-order valence-electron chi connectivity index (χ2n) is 8.96. The van der Waals surface area contributed by atoms with Crippen LogP contribution < -0.4 is 0 Å². The molecule has 0 atom stereocenters. The minimum absolute atomic E-state index is 0.00611. The molecule has 178 valence electrons. The zero-order valence-electron chi connectivity index (χ0n) is 18.6. The Labute approximate surface area is 195 Å². The van der Waals surface area contributed by atoms with Crippen LogP contribution in [0.2, 0.25) is 0 Å². The predicted molar refractivity (Wildman–Crippen MR) is 120 cm³/mol. The number of aromatic nitrogens is 2. The van der Waals surface area contributed by atoms with Gasteiger partial charge in [-0.2, -0.15) is 18.3 Å². The summed E-state index contributed by atoms with van der Waals surface area (Å²) in [5.41, 5.74) is 1.18. The highest BCUT2D eigenvalue weighted by atomic mass is 19.4. The molecule has 0 bridgehead atoms. The van der Waals surface area contributed by atoms with Gasteiger partial charge in [0.25, 0.3) is 11.8 Å². The van der Waals surface area contributed by atoms with E-state index in [0.717, 1.165) is 43.1 Å². The van der Waals surface area contributed by atoms with Crippen LogP contribution in [0.4, 0.5) is 13.2 Å². The molecule has 4 heterocycles. The Morgan fingerprint density at radius 1 is 0.882 bits per heavy atom. The van der Waals surface area contributed by atoms with Crippen molar-refractivity contribution in [2.75, 3.05) is 26.2 Å². The molecule has 1 aromatic carbocycles. The maximum absolute atomic E-state index is 13.3. The number of piperidine rings is 1. The van der Waals surface area contributed by atoms with Gasteiger partial charge in [-0.3, -0.25) is 9.59 Å². The van der Waals surface area contributed by atoms with Crippen molar-refractivity contribution in [2.45, 2.75) is 37.8 Å². The van der Waals surface area contributed by atoms with Gasteiger partial charge in [0.2, 0.25) is 0 Å². The molecule has 0 N–H and O–H groups in total. The number of rotatable bonds is 3. The first kappa shape index (κ1) is 22.4. The third-order valence-corrected chi connectivity index (χ3v) is 6.89. The van der Waals surface area contributed by atoms with Gasteiger partial charge in [0.1, 0.15) is 0 Å². The minimum Gasteiger partial charge on any atom is -0.339 e. The number of pyridine rings is 1. The molecule has 0 unspecified atom stereocenters. The molecule has 2 aliphatic heterocycles. The highest BCUT2D eigenvalue weighted by Gasteiger charge is 2.36. The normalized spacial score (nSPS) is 17.5. The fourth-order valence-electron chi connectivity index (χ4n) is 5.01. The number of carbonyl (C=O) groups excluding carboxylic acids is 2. The van der Waals surface area contributed by atoms with Gasteiger partial charge < -0.3 is 9.80 Å². The summed E-state index contributed by atoms with van der Waals surface area (Å²) in [6.45, 7) is 2.28. The Morgan fingerprint density at radius 3 is 2.24 bits per heavy atom. The number of hydrogen-bond acceptors (Lipinski definition) is 3. The molecule has 2 fully saturated rings. The Bertz CT molecular complexity index is 1220. The van der Waals surface area contributed by atoms with E-state index in [2.05, 4.69) is 5.10 Å². The van der Waals surface area contributed by atoms with Gasteiger partial charge >= 0.3 is 6.18 Å². The molecular weight excluding hydrogens is 445 g/mol. The van der Waals surface area contributed by atoms with Crippen LogP contribution in [0.25, 0.3) is 5.52 Å². The maximum Gasteiger partial charge on any atom is 0.417 e. The molecule has 0 aliphatic carbocycles. The zero-order chi connectivity index (χ0) is 23.9. The van der Waals surface area contributed by atoms with Gasteiger partial charge in [-0.15, -0.1) is 0 Å². The van der Waals surface area contributed by atoms with Crippen molar-refractivity contribution in [3.05, 3.63) is 71.0 Å². The molecule has 0 saturated carbocycles. The monoisotopic (exact) mass is 470 g/mol. The Kier molecular flexibility index (Phi) is 5.79. The average molecular weight is 470 g/mol. The number of hydrogen-bond donors (Lipinski definition) is 0. The van der Waals surface area contributed by atoms with E-state index in [4.69, 9.17) is 0 Å². The summed E-state index contributed by atoms with van der Waals surface area (Å²) in [6, 6.07) is 8.88. The highest BCUT2D eigenvalue weighted by Crippen LogP contribution is 2.34. The van der Waals surface area contributed by atoms with Crippen molar-refractivity contribution in [3.63, 3.8) is 0 Å². The second kappa shape index (κ2) is 8.77. The molecule has 9 heteroatoms. The van der Waals surface area contributed by atoms with Crippen LogP contribution in [0.1, 0.15) is 63.4 Å². The van der Waals surface area contributed by atoms with Gasteiger partial charge in [-0.1, -0.05) is 12.1 Å². The Balaban J connectivity index is 1.31. The Hall–Kier alpha value is -3.36. The van der Waals surface area contributed by atoms with E-state index in [9.17, 15) is 22.8 Å². The van der Waals surface area contributed by atoms with Crippen LogP contribution in [-0.4, -0.2) is 57.4 Å². The van der Waals surface area contributed by atoms with Gasteiger partial charge in [0.15, 0.2) is 0 Å². The smallest absolute Gasteiger partial charge is 0.339 e. The fraction of sp³-hybridized carbons (Fsp3) is 0.400. The van der Waals surface area contributed by atoms with Crippen LogP contribution >= 0.6 is 0 Å². The van der Waals surface area contributed by atoms with E-state index in [-0.39, 0.29) is 17.4 Å².